The van der Waals surface area contributed by atoms with E-state index in [0.29, 0.717) is 42.1 Å². The fourth-order valence-corrected chi connectivity index (χ4v) is 5.48. The number of fused-ring (bicyclic) bond motifs is 1. The summed E-state index contributed by atoms with van der Waals surface area (Å²) >= 11 is 0. The van der Waals surface area contributed by atoms with Crippen molar-refractivity contribution in [3.05, 3.63) is 82.1 Å². The number of piperazine rings is 1. The lowest BCUT2D eigenvalue weighted by Crippen LogP contribution is -2.54. The van der Waals surface area contributed by atoms with Gasteiger partial charge >= 0.3 is 5.69 Å². The number of benzene rings is 1. The Labute approximate surface area is 241 Å². The Morgan fingerprint density at radius 3 is 2.52 bits per heavy atom. The van der Waals surface area contributed by atoms with Gasteiger partial charge in [0.05, 0.1) is 22.3 Å². The molecule has 0 unspecified atom stereocenters. The highest BCUT2D eigenvalue weighted by Gasteiger charge is 2.31. The number of anilines is 1. The van der Waals surface area contributed by atoms with E-state index in [0.717, 1.165) is 6.07 Å². The highest BCUT2D eigenvalue weighted by molar-refractivity contribution is 5.91. The Morgan fingerprint density at radius 1 is 1.12 bits per heavy atom. The van der Waals surface area contributed by atoms with E-state index in [1.165, 1.54) is 22.8 Å². The predicted octanol–water partition coefficient (Wildman–Crippen LogP) is 4.79. The molecule has 9 nitrogen and oxygen atoms in total. The molecule has 0 bridgehead atoms. The number of amides is 1. The van der Waals surface area contributed by atoms with Gasteiger partial charge in [-0.15, -0.1) is 0 Å². The summed E-state index contributed by atoms with van der Waals surface area (Å²) in [6, 6.07) is 5.17. The molecule has 1 saturated heterocycles. The molecule has 4 heterocycles. The second-order valence-electron chi connectivity index (χ2n) is 10.9. The molecule has 0 spiro atoms. The molecule has 3 aromatic heterocycles. The van der Waals surface area contributed by atoms with Crippen molar-refractivity contribution >= 4 is 22.8 Å². The van der Waals surface area contributed by atoms with Gasteiger partial charge in [0.1, 0.15) is 23.1 Å². The van der Waals surface area contributed by atoms with Crippen molar-refractivity contribution in [2.24, 2.45) is 0 Å². The maximum atomic E-state index is 15.9. The minimum absolute atomic E-state index is 0.0384. The van der Waals surface area contributed by atoms with E-state index in [-0.39, 0.29) is 34.7 Å². The van der Waals surface area contributed by atoms with Crippen molar-refractivity contribution in [2.75, 3.05) is 24.5 Å². The highest BCUT2D eigenvalue weighted by atomic mass is 19.1. The Hall–Kier alpha value is -4.67. The van der Waals surface area contributed by atoms with E-state index in [1.54, 1.807) is 24.1 Å². The standard InChI is InChI=1S/C31H32F2N6O3/c1-7-23(40)37-12-13-38(19(6)15-37)29-20-14-22(33)26(24-21(32)9-8-18(5)28(24)41)35-30(20)39(31(42)36-29)27-17(4)10-11-34-25(27)16(2)3/h7-11,14,16,19,41H,1,12-13,15H2,2-6H3/t19-/m0/s1. The number of halogens is 2. The third kappa shape index (κ3) is 4.78. The molecule has 42 heavy (non-hydrogen) atoms. The second kappa shape index (κ2) is 11.0. The molecule has 1 fully saturated rings. The van der Waals surface area contributed by atoms with Crippen LogP contribution in [0.4, 0.5) is 14.6 Å². The molecule has 1 atom stereocenters. The number of phenols is 1. The van der Waals surface area contributed by atoms with Crippen molar-refractivity contribution in [1.82, 2.24) is 24.4 Å². The average Bonchev–Trinajstić information content (AvgIpc) is 2.95. The largest absolute Gasteiger partial charge is 0.507 e. The summed E-state index contributed by atoms with van der Waals surface area (Å²) in [5, 5.41) is 10.9. The van der Waals surface area contributed by atoms with E-state index < -0.39 is 34.3 Å². The van der Waals surface area contributed by atoms with E-state index in [4.69, 9.17) is 0 Å². The molecule has 218 valence electrons. The van der Waals surface area contributed by atoms with Crippen molar-refractivity contribution in [1.29, 1.82) is 0 Å². The summed E-state index contributed by atoms with van der Waals surface area (Å²) in [5.41, 5.74) is 0.644. The number of nitrogens with zero attached hydrogens (tertiary/aromatic N) is 6. The predicted molar refractivity (Wildman–Crippen MR) is 157 cm³/mol. The van der Waals surface area contributed by atoms with Crippen LogP contribution in [0, 0.1) is 25.5 Å². The van der Waals surface area contributed by atoms with Gasteiger partial charge in [0, 0.05) is 31.9 Å². The molecule has 0 aliphatic carbocycles. The number of carbonyl (C=O) groups is 1. The summed E-state index contributed by atoms with van der Waals surface area (Å²) in [5.74, 6) is -2.29. The molecule has 0 saturated carbocycles. The van der Waals surface area contributed by atoms with Gasteiger partial charge in [-0.3, -0.25) is 9.78 Å². The van der Waals surface area contributed by atoms with Crippen LogP contribution in [0.5, 0.6) is 5.75 Å². The molecule has 0 radical (unpaired) electrons. The molecule has 1 aliphatic rings. The van der Waals surface area contributed by atoms with Crippen LogP contribution in [0.3, 0.4) is 0 Å². The molecule has 11 heteroatoms. The molecule has 1 amide bonds. The van der Waals surface area contributed by atoms with Crippen LogP contribution in [-0.2, 0) is 4.79 Å². The summed E-state index contributed by atoms with van der Waals surface area (Å²) in [7, 11) is 0. The van der Waals surface area contributed by atoms with E-state index in [9.17, 15) is 14.7 Å². The van der Waals surface area contributed by atoms with Crippen LogP contribution >= 0.6 is 0 Å². The summed E-state index contributed by atoms with van der Waals surface area (Å²) in [4.78, 5) is 43.1. The zero-order valence-corrected chi connectivity index (χ0v) is 24.2. The lowest BCUT2D eigenvalue weighted by Gasteiger charge is -2.40. The van der Waals surface area contributed by atoms with Crippen molar-refractivity contribution in [2.45, 2.75) is 46.6 Å². The van der Waals surface area contributed by atoms with Crippen LogP contribution in [-0.4, -0.2) is 61.1 Å². The van der Waals surface area contributed by atoms with E-state index in [2.05, 4.69) is 21.5 Å². The SMILES string of the molecule is C=CC(=O)N1CCN(c2nc(=O)n(-c3c(C)ccnc3C(C)C)c3nc(-c4c(F)ccc(C)c4O)c(F)cc23)[C@@H](C)C1. The number of aryl methyl sites for hydroxylation is 2. The van der Waals surface area contributed by atoms with Gasteiger partial charge in [-0.1, -0.05) is 26.5 Å². The van der Waals surface area contributed by atoms with E-state index >= 15 is 8.78 Å². The zero-order chi connectivity index (χ0) is 30.5. The number of carbonyl (C=O) groups excluding carboxylic acids is 1. The molecule has 4 aromatic rings. The lowest BCUT2D eigenvalue weighted by molar-refractivity contribution is -0.126. The molecular weight excluding hydrogens is 542 g/mol. The maximum Gasteiger partial charge on any atom is 0.355 e. The maximum absolute atomic E-state index is 15.9. The van der Waals surface area contributed by atoms with Gasteiger partial charge < -0.3 is 14.9 Å². The van der Waals surface area contributed by atoms with Crippen LogP contribution < -0.4 is 10.6 Å². The number of hydrogen-bond donors (Lipinski definition) is 1. The number of aromatic nitrogens is 4. The first-order chi connectivity index (χ1) is 19.9. The molecule has 1 aromatic carbocycles. The summed E-state index contributed by atoms with van der Waals surface area (Å²) in [6.45, 7) is 13.7. The Morgan fingerprint density at radius 2 is 1.86 bits per heavy atom. The first kappa shape index (κ1) is 28.8. The van der Waals surface area contributed by atoms with Crippen molar-refractivity contribution < 1.29 is 18.7 Å². The minimum Gasteiger partial charge on any atom is -0.507 e. The third-order valence-electron chi connectivity index (χ3n) is 7.68. The molecular formula is C31H32F2N6O3. The Balaban J connectivity index is 1.85. The van der Waals surface area contributed by atoms with Gasteiger partial charge in [0.25, 0.3) is 0 Å². The van der Waals surface area contributed by atoms with Crippen molar-refractivity contribution in [3.8, 4) is 22.7 Å². The van der Waals surface area contributed by atoms with Crippen LogP contribution in [0.1, 0.15) is 43.5 Å². The summed E-state index contributed by atoms with van der Waals surface area (Å²) in [6.07, 6.45) is 2.90. The molecule has 1 N–H and O–H groups in total. The highest BCUT2D eigenvalue weighted by Crippen LogP contribution is 2.38. The van der Waals surface area contributed by atoms with Gasteiger partial charge in [0.2, 0.25) is 5.91 Å². The van der Waals surface area contributed by atoms with Gasteiger partial charge in [-0.2, -0.15) is 4.98 Å². The Kier molecular flexibility index (Phi) is 7.53. The first-order valence-electron chi connectivity index (χ1n) is 13.7. The monoisotopic (exact) mass is 574 g/mol. The Bertz CT molecular complexity index is 1800. The van der Waals surface area contributed by atoms with Gasteiger partial charge in [-0.25, -0.2) is 23.1 Å². The normalized spacial score (nSPS) is 15.5. The van der Waals surface area contributed by atoms with Crippen LogP contribution in [0.25, 0.3) is 28.0 Å². The van der Waals surface area contributed by atoms with Gasteiger partial charge in [-0.05, 0) is 62.1 Å². The number of phenolic OH excluding ortho intramolecular Hbond substituents is 1. The first-order valence-corrected chi connectivity index (χ1v) is 13.7. The number of pyridine rings is 2. The molecule has 5 rings (SSSR count). The fraction of sp³-hybridized carbons (Fsp3) is 0.323. The van der Waals surface area contributed by atoms with Gasteiger partial charge in [0.15, 0.2) is 11.5 Å². The quantitative estimate of drug-likeness (QED) is 0.342. The topological polar surface area (TPSA) is 104 Å². The minimum atomic E-state index is -0.893. The molecule has 1 aliphatic heterocycles. The van der Waals surface area contributed by atoms with Crippen LogP contribution in [0.2, 0.25) is 0 Å². The average molecular weight is 575 g/mol. The summed E-state index contributed by atoms with van der Waals surface area (Å²) < 4.78 is 32.3. The number of hydrogen-bond acceptors (Lipinski definition) is 7. The smallest absolute Gasteiger partial charge is 0.355 e. The van der Waals surface area contributed by atoms with Crippen LogP contribution in [0.15, 0.2) is 47.9 Å². The zero-order valence-electron chi connectivity index (χ0n) is 24.2. The second-order valence-corrected chi connectivity index (χ2v) is 10.9. The third-order valence-corrected chi connectivity index (χ3v) is 7.68. The van der Waals surface area contributed by atoms with Crippen molar-refractivity contribution in [3.63, 3.8) is 0 Å². The lowest BCUT2D eigenvalue weighted by atomic mass is 10.0. The fourth-order valence-electron chi connectivity index (χ4n) is 5.48. The number of aromatic hydroxyl groups is 1. The number of rotatable bonds is 5. The van der Waals surface area contributed by atoms with E-state index in [1.807, 2.05) is 32.6 Å².